The van der Waals surface area contributed by atoms with E-state index in [4.69, 9.17) is 9.26 Å². The van der Waals surface area contributed by atoms with E-state index >= 15 is 0 Å². The fraction of sp³-hybridized carbons (Fsp3) is 0.438. The van der Waals surface area contributed by atoms with Crippen LogP contribution in [0.5, 0.6) is 0 Å². The molecule has 116 valence electrons. The summed E-state index contributed by atoms with van der Waals surface area (Å²) in [6, 6.07) is 7.47. The lowest BCUT2D eigenvalue weighted by molar-refractivity contribution is 0.0179. The van der Waals surface area contributed by atoms with E-state index in [2.05, 4.69) is 10.1 Å². The standard InChI is InChI=1S/C16H19N3O3/c1-10-17-14(22-18-10)13-12-8-6-5-7-11(12)9-19(13)15(20)21-16(2,3)4/h5-8,13H,9H2,1-4H3. The van der Waals surface area contributed by atoms with Crippen LogP contribution in [0.1, 0.15) is 49.7 Å². The summed E-state index contributed by atoms with van der Waals surface area (Å²) in [5, 5.41) is 3.84. The number of hydrogen-bond donors (Lipinski definition) is 0. The fourth-order valence-corrected chi connectivity index (χ4v) is 2.57. The summed E-state index contributed by atoms with van der Waals surface area (Å²) >= 11 is 0. The maximum Gasteiger partial charge on any atom is 0.411 e. The lowest BCUT2D eigenvalue weighted by Crippen LogP contribution is -2.36. The van der Waals surface area contributed by atoms with Gasteiger partial charge in [0.05, 0.1) is 6.54 Å². The van der Waals surface area contributed by atoms with Crippen molar-refractivity contribution in [3.63, 3.8) is 0 Å². The van der Waals surface area contributed by atoms with Gasteiger partial charge in [-0.25, -0.2) is 4.79 Å². The molecule has 1 aromatic heterocycles. The molecule has 2 aromatic rings. The van der Waals surface area contributed by atoms with Crippen molar-refractivity contribution >= 4 is 6.09 Å². The Bertz CT molecular complexity index is 703. The Morgan fingerprint density at radius 1 is 1.36 bits per heavy atom. The van der Waals surface area contributed by atoms with E-state index in [9.17, 15) is 4.79 Å². The predicted molar refractivity (Wildman–Crippen MR) is 79.1 cm³/mol. The first-order chi connectivity index (χ1) is 10.3. The number of carbonyl (C=O) groups excluding carboxylic acids is 1. The van der Waals surface area contributed by atoms with Crippen molar-refractivity contribution < 1.29 is 14.1 Å². The van der Waals surface area contributed by atoms with Gasteiger partial charge in [0.2, 0.25) is 0 Å². The van der Waals surface area contributed by atoms with Crippen LogP contribution in [0.3, 0.4) is 0 Å². The number of benzene rings is 1. The molecule has 22 heavy (non-hydrogen) atoms. The average molecular weight is 301 g/mol. The smallest absolute Gasteiger partial charge is 0.411 e. The molecular formula is C16H19N3O3. The fourth-order valence-electron chi connectivity index (χ4n) is 2.57. The van der Waals surface area contributed by atoms with E-state index in [-0.39, 0.29) is 6.09 Å². The first-order valence-corrected chi connectivity index (χ1v) is 7.23. The van der Waals surface area contributed by atoms with Gasteiger partial charge in [-0.05, 0) is 38.8 Å². The molecule has 1 amide bonds. The molecule has 1 atom stereocenters. The van der Waals surface area contributed by atoms with Crippen LogP contribution in [0, 0.1) is 6.92 Å². The molecule has 0 bridgehead atoms. The van der Waals surface area contributed by atoms with Crippen LogP contribution in [0.2, 0.25) is 0 Å². The summed E-state index contributed by atoms with van der Waals surface area (Å²) in [6.45, 7) is 7.77. The lowest BCUT2D eigenvalue weighted by atomic mass is 10.1. The Morgan fingerprint density at radius 3 is 2.73 bits per heavy atom. The van der Waals surface area contributed by atoms with E-state index in [1.54, 1.807) is 11.8 Å². The summed E-state index contributed by atoms with van der Waals surface area (Å²) in [6.07, 6.45) is -0.385. The normalized spacial score (nSPS) is 17.5. The molecule has 1 aliphatic rings. The minimum Gasteiger partial charge on any atom is -0.444 e. The molecule has 1 aliphatic heterocycles. The molecule has 2 heterocycles. The molecule has 1 aromatic carbocycles. The molecule has 0 radical (unpaired) electrons. The summed E-state index contributed by atoms with van der Waals surface area (Å²) in [4.78, 5) is 18.5. The lowest BCUT2D eigenvalue weighted by Gasteiger charge is -2.27. The quantitative estimate of drug-likeness (QED) is 0.809. The molecule has 0 aliphatic carbocycles. The third-order valence-electron chi connectivity index (χ3n) is 3.41. The number of amides is 1. The highest BCUT2D eigenvalue weighted by molar-refractivity contribution is 5.71. The minimum atomic E-state index is -0.554. The van der Waals surface area contributed by atoms with Crippen molar-refractivity contribution in [3.8, 4) is 0 Å². The van der Waals surface area contributed by atoms with Crippen LogP contribution in [0.4, 0.5) is 4.79 Å². The Balaban J connectivity index is 1.98. The van der Waals surface area contributed by atoms with E-state index in [1.165, 1.54) is 0 Å². The van der Waals surface area contributed by atoms with Crippen molar-refractivity contribution in [1.29, 1.82) is 0 Å². The van der Waals surface area contributed by atoms with Crippen LogP contribution >= 0.6 is 0 Å². The Labute approximate surface area is 129 Å². The van der Waals surface area contributed by atoms with Gasteiger partial charge in [0.25, 0.3) is 5.89 Å². The first kappa shape index (κ1) is 14.6. The number of aryl methyl sites for hydroxylation is 1. The van der Waals surface area contributed by atoms with Gasteiger partial charge in [-0.3, -0.25) is 4.90 Å². The summed E-state index contributed by atoms with van der Waals surface area (Å²) in [5.41, 5.74) is 1.51. The number of fused-ring (bicyclic) bond motifs is 1. The molecule has 0 N–H and O–H groups in total. The largest absolute Gasteiger partial charge is 0.444 e. The average Bonchev–Trinajstić information content (AvgIpc) is 2.99. The predicted octanol–water partition coefficient (Wildman–Crippen LogP) is 3.22. The Kier molecular flexibility index (Phi) is 3.39. The molecule has 6 nitrogen and oxygen atoms in total. The van der Waals surface area contributed by atoms with E-state index in [0.29, 0.717) is 18.3 Å². The maximum absolute atomic E-state index is 12.5. The summed E-state index contributed by atoms with van der Waals surface area (Å²) in [7, 11) is 0. The second-order valence-corrected chi connectivity index (χ2v) is 6.39. The monoisotopic (exact) mass is 301 g/mol. The van der Waals surface area contributed by atoms with E-state index in [0.717, 1.165) is 11.1 Å². The zero-order chi connectivity index (χ0) is 15.9. The van der Waals surface area contributed by atoms with Gasteiger partial charge in [0.15, 0.2) is 5.82 Å². The number of aromatic nitrogens is 2. The van der Waals surface area contributed by atoms with E-state index in [1.807, 2.05) is 45.0 Å². The number of hydrogen-bond acceptors (Lipinski definition) is 5. The van der Waals surface area contributed by atoms with E-state index < -0.39 is 11.6 Å². The van der Waals surface area contributed by atoms with Crippen molar-refractivity contribution in [2.75, 3.05) is 0 Å². The molecule has 0 spiro atoms. The maximum atomic E-state index is 12.5. The molecule has 0 saturated carbocycles. The molecule has 6 heteroatoms. The third-order valence-corrected chi connectivity index (χ3v) is 3.41. The second-order valence-electron chi connectivity index (χ2n) is 6.39. The van der Waals surface area contributed by atoms with Crippen molar-refractivity contribution in [1.82, 2.24) is 15.0 Å². The molecule has 3 rings (SSSR count). The molecular weight excluding hydrogens is 282 g/mol. The van der Waals surface area contributed by atoms with Gasteiger partial charge in [0, 0.05) is 0 Å². The van der Waals surface area contributed by atoms with Crippen molar-refractivity contribution in [3.05, 3.63) is 47.1 Å². The molecule has 0 fully saturated rings. The molecule has 1 unspecified atom stereocenters. The van der Waals surface area contributed by atoms with Crippen molar-refractivity contribution in [2.45, 2.75) is 45.9 Å². The number of nitrogens with zero attached hydrogens (tertiary/aromatic N) is 3. The van der Waals surface area contributed by atoms with Gasteiger partial charge in [-0.1, -0.05) is 29.4 Å². The number of ether oxygens (including phenoxy) is 1. The van der Waals surface area contributed by atoms with Gasteiger partial charge in [0.1, 0.15) is 11.6 Å². The topological polar surface area (TPSA) is 68.5 Å². The summed E-state index contributed by atoms with van der Waals surface area (Å²) < 4.78 is 10.8. The van der Waals surface area contributed by atoms with Gasteiger partial charge in [-0.2, -0.15) is 4.98 Å². The molecule has 0 saturated heterocycles. The van der Waals surface area contributed by atoms with Gasteiger partial charge in [-0.15, -0.1) is 0 Å². The van der Waals surface area contributed by atoms with Crippen LogP contribution in [-0.4, -0.2) is 26.7 Å². The minimum absolute atomic E-state index is 0.385. The number of carbonyl (C=O) groups is 1. The van der Waals surface area contributed by atoms with Gasteiger partial charge >= 0.3 is 6.09 Å². The summed E-state index contributed by atoms with van der Waals surface area (Å²) in [5.74, 6) is 0.955. The van der Waals surface area contributed by atoms with Crippen LogP contribution in [-0.2, 0) is 11.3 Å². The van der Waals surface area contributed by atoms with Crippen LogP contribution in [0.25, 0.3) is 0 Å². The number of rotatable bonds is 1. The highest BCUT2D eigenvalue weighted by Crippen LogP contribution is 2.38. The second kappa shape index (κ2) is 5.12. The Hall–Kier alpha value is -2.37. The zero-order valence-electron chi connectivity index (χ0n) is 13.2. The SMILES string of the molecule is Cc1noc(C2c3ccccc3CN2C(=O)OC(C)(C)C)n1. The van der Waals surface area contributed by atoms with Gasteiger partial charge < -0.3 is 9.26 Å². The highest BCUT2D eigenvalue weighted by atomic mass is 16.6. The first-order valence-electron chi connectivity index (χ1n) is 7.23. The Morgan fingerprint density at radius 2 is 2.09 bits per heavy atom. The highest BCUT2D eigenvalue weighted by Gasteiger charge is 2.40. The third kappa shape index (κ3) is 2.68. The van der Waals surface area contributed by atoms with Crippen LogP contribution < -0.4 is 0 Å². The van der Waals surface area contributed by atoms with Crippen molar-refractivity contribution in [2.24, 2.45) is 0 Å². The van der Waals surface area contributed by atoms with Crippen LogP contribution in [0.15, 0.2) is 28.8 Å². The zero-order valence-corrected chi connectivity index (χ0v) is 13.2.